The first-order chi connectivity index (χ1) is 28.4. The first-order valence-electron chi connectivity index (χ1n) is 21.7. The lowest BCUT2D eigenvalue weighted by atomic mass is 9.85. The van der Waals surface area contributed by atoms with E-state index in [1.807, 2.05) is 12.2 Å². The van der Waals surface area contributed by atoms with Crippen LogP contribution in [0.1, 0.15) is 142 Å². The molecule has 0 amide bonds. The molecule has 13 nitrogen and oxygen atoms in total. The normalized spacial score (nSPS) is 23.1. The summed E-state index contributed by atoms with van der Waals surface area (Å²) in [7, 11) is -5.13. The minimum atomic E-state index is -5.13. The van der Waals surface area contributed by atoms with Crippen molar-refractivity contribution in [2.24, 2.45) is 0 Å². The molecule has 14 heteroatoms. The summed E-state index contributed by atoms with van der Waals surface area (Å²) in [6.07, 6.45) is 29.7. The molecule has 0 bridgehead atoms. The lowest BCUT2D eigenvalue weighted by molar-refractivity contribution is -0.220. The Kier molecular flexibility index (Phi) is 32.2. The van der Waals surface area contributed by atoms with Gasteiger partial charge in [-0.3, -0.25) is 18.6 Å². The zero-order chi connectivity index (χ0) is 43.6. The molecule has 8 atom stereocenters. The Labute approximate surface area is 353 Å². The smallest absolute Gasteiger partial charge is 0.462 e. The third kappa shape index (κ3) is 27.7. The molecule has 0 aromatic carbocycles. The number of carbonyl (C=O) groups is 2. The standard InChI is InChI=1S/C45H75O13P/c1-3-5-7-9-11-13-15-17-18-19-20-22-23-25-27-29-31-33-38(46)55-35-37(36-56-59(53,54)58-45-43(51)41(49)40(48)42(50)44(45)52)57-39(47)34-32-30-28-26-24-21-16-14-12-10-8-6-4-2/h5,7,11,13-14,16-18,20,22,25,27,37,40-45,48-52H,3-4,6,8-10,12,15,19,21,23-24,26,28-36H2,1-2H3,(H,53,54)/b7-5-,13-11-,16-14-,18-17-,22-20-,27-25-/t37-,40?,41-,42?,43?,44?,45?/m1/s1. The second kappa shape index (κ2) is 34.9. The fraction of sp³-hybridized carbons (Fsp3) is 0.689. The first kappa shape index (κ1) is 54.3. The van der Waals surface area contributed by atoms with E-state index >= 15 is 0 Å². The van der Waals surface area contributed by atoms with Crippen molar-refractivity contribution < 1.29 is 63.1 Å². The van der Waals surface area contributed by atoms with Crippen molar-refractivity contribution in [3.63, 3.8) is 0 Å². The number of ether oxygens (including phenoxy) is 2. The van der Waals surface area contributed by atoms with E-state index in [2.05, 4.69) is 74.6 Å². The number of allylic oxidation sites excluding steroid dienone is 12. The van der Waals surface area contributed by atoms with Crippen molar-refractivity contribution in [1.82, 2.24) is 0 Å². The van der Waals surface area contributed by atoms with E-state index in [4.69, 9.17) is 18.5 Å². The van der Waals surface area contributed by atoms with Crippen LogP contribution < -0.4 is 0 Å². The predicted octanol–water partition coefficient (Wildman–Crippen LogP) is 7.94. The second-order valence-electron chi connectivity index (χ2n) is 14.8. The van der Waals surface area contributed by atoms with E-state index < -0.39 is 75.7 Å². The molecule has 6 N–H and O–H groups in total. The van der Waals surface area contributed by atoms with Crippen LogP contribution in [0.5, 0.6) is 0 Å². The SMILES string of the molecule is CC/C=C\C/C=C\C/C=C\C/C=C\C/C=C\CCCC(=O)OC[C@H](COP(=O)(O)OC1C(O)C(O)C(O)[C@@H](O)C1O)OC(=O)CCCCCCC/C=C\CCCCCC. The van der Waals surface area contributed by atoms with Crippen molar-refractivity contribution >= 4 is 19.8 Å². The molecule has 0 radical (unpaired) electrons. The van der Waals surface area contributed by atoms with Crippen molar-refractivity contribution in [3.05, 3.63) is 72.9 Å². The van der Waals surface area contributed by atoms with Crippen molar-refractivity contribution in [2.75, 3.05) is 13.2 Å². The van der Waals surface area contributed by atoms with Gasteiger partial charge >= 0.3 is 19.8 Å². The van der Waals surface area contributed by atoms with Gasteiger partial charge in [0.2, 0.25) is 0 Å². The Hall–Kier alpha value is -2.71. The Bertz CT molecular complexity index is 1310. The molecule has 1 aliphatic carbocycles. The Balaban J connectivity index is 2.54. The highest BCUT2D eigenvalue weighted by Crippen LogP contribution is 2.47. The quantitative estimate of drug-likeness (QED) is 0.0157. The maximum absolute atomic E-state index is 12.8. The van der Waals surface area contributed by atoms with E-state index in [1.54, 1.807) is 0 Å². The van der Waals surface area contributed by atoms with Gasteiger partial charge in [0.15, 0.2) is 6.10 Å². The van der Waals surface area contributed by atoms with Crippen molar-refractivity contribution in [2.45, 2.75) is 185 Å². The number of aliphatic hydroxyl groups excluding tert-OH is 5. The van der Waals surface area contributed by atoms with Gasteiger partial charge in [-0.2, -0.15) is 0 Å². The first-order valence-corrected chi connectivity index (χ1v) is 23.2. The van der Waals surface area contributed by atoms with Gasteiger partial charge in [0.25, 0.3) is 0 Å². The summed E-state index contributed by atoms with van der Waals surface area (Å²) in [5.41, 5.74) is 0. The summed E-state index contributed by atoms with van der Waals surface area (Å²) in [5, 5.41) is 50.1. The number of unbranched alkanes of at least 4 members (excludes halogenated alkanes) is 10. The maximum Gasteiger partial charge on any atom is 0.472 e. The second-order valence-corrected chi connectivity index (χ2v) is 16.2. The van der Waals surface area contributed by atoms with Crippen molar-refractivity contribution in [1.29, 1.82) is 0 Å². The predicted molar refractivity (Wildman–Crippen MR) is 230 cm³/mol. The van der Waals surface area contributed by atoms with Gasteiger partial charge in [-0.05, 0) is 77.0 Å². The number of aliphatic hydroxyl groups is 5. The molecule has 59 heavy (non-hydrogen) atoms. The topological polar surface area (TPSA) is 210 Å². The van der Waals surface area contributed by atoms with Gasteiger partial charge < -0.3 is 39.9 Å². The van der Waals surface area contributed by atoms with Crippen LogP contribution in [0.25, 0.3) is 0 Å². The zero-order valence-electron chi connectivity index (χ0n) is 35.5. The van der Waals surface area contributed by atoms with Crippen LogP contribution in [0.3, 0.4) is 0 Å². The number of phosphoric ester groups is 1. The van der Waals surface area contributed by atoms with E-state index in [0.29, 0.717) is 19.3 Å². The average Bonchev–Trinajstić information content (AvgIpc) is 3.21. The van der Waals surface area contributed by atoms with Gasteiger partial charge in [-0.15, -0.1) is 0 Å². The highest BCUT2D eigenvalue weighted by Gasteiger charge is 2.51. The molecule has 0 aromatic rings. The highest BCUT2D eigenvalue weighted by atomic mass is 31.2. The van der Waals surface area contributed by atoms with Gasteiger partial charge in [0.05, 0.1) is 6.61 Å². The number of esters is 2. The van der Waals surface area contributed by atoms with Crippen LogP contribution in [0.15, 0.2) is 72.9 Å². The van der Waals surface area contributed by atoms with Crippen LogP contribution in [0.2, 0.25) is 0 Å². The lowest BCUT2D eigenvalue weighted by Gasteiger charge is -2.41. The molecule has 0 aromatic heterocycles. The van der Waals surface area contributed by atoms with Crippen LogP contribution in [0.4, 0.5) is 0 Å². The summed E-state index contributed by atoms with van der Waals surface area (Å²) in [5.74, 6) is -1.19. The van der Waals surface area contributed by atoms with E-state index in [1.165, 1.54) is 25.7 Å². The minimum Gasteiger partial charge on any atom is -0.462 e. The Morgan fingerprint density at radius 3 is 1.54 bits per heavy atom. The van der Waals surface area contributed by atoms with E-state index in [0.717, 1.165) is 70.6 Å². The van der Waals surface area contributed by atoms with Crippen LogP contribution >= 0.6 is 7.82 Å². The lowest BCUT2D eigenvalue weighted by Crippen LogP contribution is -2.64. The molecular weight excluding hydrogens is 779 g/mol. The molecule has 0 saturated heterocycles. The summed E-state index contributed by atoms with van der Waals surface area (Å²) in [4.78, 5) is 35.6. The zero-order valence-corrected chi connectivity index (χ0v) is 36.4. The summed E-state index contributed by atoms with van der Waals surface area (Å²) < 4.78 is 33.4. The number of phosphoric acid groups is 1. The molecule has 1 rings (SSSR count). The Morgan fingerprint density at radius 2 is 0.983 bits per heavy atom. The van der Waals surface area contributed by atoms with Crippen LogP contribution in [-0.2, 0) is 32.7 Å². The summed E-state index contributed by atoms with van der Waals surface area (Å²) >= 11 is 0. The minimum absolute atomic E-state index is 0.0706. The van der Waals surface area contributed by atoms with Crippen LogP contribution in [-0.4, -0.2) is 98.3 Å². The molecule has 0 heterocycles. The van der Waals surface area contributed by atoms with Crippen LogP contribution in [0, 0.1) is 0 Å². The molecule has 6 unspecified atom stereocenters. The molecule has 338 valence electrons. The number of rotatable bonds is 34. The maximum atomic E-state index is 12.8. The third-order valence-corrected chi connectivity index (χ3v) is 10.5. The van der Waals surface area contributed by atoms with Gasteiger partial charge in [0, 0.05) is 12.8 Å². The van der Waals surface area contributed by atoms with Gasteiger partial charge in [-0.25, -0.2) is 4.57 Å². The summed E-state index contributed by atoms with van der Waals surface area (Å²) in [6.45, 7) is 3.09. The molecule has 1 fully saturated rings. The molecule has 0 spiro atoms. The van der Waals surface area contributed by atoms with E-state index in [-0.39, 0.29) is 12.8 Å². The van der Waals surface area contributed by atoms with E-state index in [9.17, 15) is 44.6 Å². The largest absolute Gasteiger partial charge is 0.472 e. The fourth-order valence-electron chi connectivity index (χ4n) is 6.02. The monoisotopic (exact) mass is 854 g/mol. The summed E-state index contributed by atoms with van der Waals surface area (Å²) in [6, 6.07) is 0. The molecule has 0 aliphatic heterocycles. The van der Waals surface area contributed by atoms with Gasteiger partial charge in [0.1, 0.15) is 43.2 Å². The molecule has 1 aliphatic rings. The van der Waals surface area contributed by atoms with Gasteiger partial charge in [-0.1, -0.05) is 125 Å². The fourth-order valence-corrected chi connectivity index (χ4v) is 6.99. The number of hydrogen-bond acceptors (Lipinski definition) is 12. The highest BCUT2D eigenvalue weighted by molar-refractivity contribution is 7.47. The third-order valence-electron chi connectivity index (χ3n) is 9.53. The van der Waals surface area contributed by atoms with Crippen molar-refractivity contribution in [3.8, 4) is 0 Å². The Morgan fingerprint density at radius 1 is 0.542 bits per heavy atom. The molecular formula is C45H75O13P. The average molecular weight is 855 g/mol. The molecule has 1 saturated carbocycles. The number of carbonyl (C=O) groups excluding carboxylic acids is 2. The number of hydrogen-bond donors (Lipinski definition) is 6.